The fourth-order valence-electron chi connectivity index (χ4n) is 1.81. The maximum absolute atomic E-state index is 5.40. The summed E-state index contributed by atoms with van der Waals surface area (Å²) in [5, 5.41) is 7.97. The van der Waals surface area contributed by atoms with Crippen molar-refractivity contribution in [3.8, 4) is 11.4 Å². The number of aromatic nitrogens is 3. The number of aryl methyl sites for hydroxylation is 2. The van der Waals surface area contributed by atoms with Gasteiger partial charge in [-0.15, -0.1) is 0 Å². The van der Waals surface area contributed by atoms with Gasteiger partial charge in [0.05, 0.1) is 24.3 Å². The Morgan fingerprint density at radius 3 is 2.68 bits per heavy atom. The van der Waals surface area contributed by atoms with Crippen molar-refractivity contribution in [1.82, 2.24) is 15.3 Å². The van der Waals surface area contributed by atoms with Gasteiger partial charge in [-0.1, -0.05) is 24.2 Å². The lowest BCUT2D eigenvalue weighted by molar-refractivity contribution is 0.132. The molecule has 0 aliphatic carbocycles. The van der Waals surface area contributed by atoms with Crippen molar-refractivity contribution >= 4 is 0 Å². The highest BCUT2D eigenvalue weighted by Crippen LogP contribution is 2.25. The smallest absolute Gasteiger partial charge is 0.229 e. The Labute approximate surface area is 112 Å². The summed E-state index contributed by atoms with van der Waals surface area (Å²) >= 11 is 0. The molecule has 0 aromatic carbocycles. The minimum absolute atomic E-state index is 0.543. The van der Waals surface area contributed by atoms with E-state index in [0.717, 1.165) is 30.7 Å². The molecule has 19 heavy (non-hydrogen) atoms. The maximum atomic E-state index is 5.40. The van der Waals surface area contributed by atoms with E-state index in [1.54, 1.807) is 0 Å². The van der Waals surface area contributed by atoms with E-state index in [4.69, 9.17) is 13.8 Å². The third-order valence-corrected chi connectivity index (χ3v) is 2.77. The number of hydrogen-bond acceptors (Lipinski definition) is 6. The van der Waals surface area contributed by atoms with Gasteiger partial charge in [0.2, 0.25) is 11.7 Å². The van der Waals surface area contributed by atoms with Crippen LogP contribution in [0.25, 0.3) is 11.4 Å². The van der Waals surface area contributed by atoms with Gasteiger partial charge in [0.15, 0.2) is 0 Å². The topological polar surface area (TPSA) is 74.2 Å². The predicted molar refractivity (Wildman–Crippen MR) is 68.7 cm³/mol. The predicted octanol–water partition coefficient (Wildman–Crippen LogP) is 2.56. The van der Waals surface area contributed by atoms with Crippen molar-refractivity contribution in [2.75, 3.05) is 13.2 Å². The molecule has 0 radical (unpaired) electrons. The van der Waals surface area contributed by atoms with E-state index in [-0.39, 0.29) is 0 Å². The van der Waals surface area contributed by atoms with E-state index in [1.807, 2.05) is 13.8 Å². The molecule has 6 heteroatoms. The van der Waals surface area contributed by atoms with Gasteiger partial charge in [0.1, 0.15) is 5.76 Å². The van der Waals surface area contributed by atoms with Crippen LogP contribution in [-0.4, -0.2) is 28.5 Å². The monoisotopic (exact) mass is 265 g/mol. The van der Waals surface area contributed by atoms with Crippen molar-refractivity contribution < 1.29 is 13.8 Å². The molecule has 0 fully saturated rings. The summed E-state index contributed by atoms with van der Waals surface area (Å²) in [5.41, 5.74) is 1.69. The molecular weight excluding hydrogens is 246 g/mol. The highest BCUT2D eigenvalue weighted by Gasteiger charge is 2.18. The standard InChI is InChI=1S/C13H19N3O3/c1-4-7-17-8-6-11-14-13(16-19-11)12-9(3)18-15-10(12)5-2/h4-8H2,1-3H3. The molecule has 0 N–H and O–H groups in total. The van der Waals surface area contributed by atoms with Crippen LogP contribution < -0.4 is 0 Å². The van der Waals surface area contributed by atoms with Gasteiger partial charge in [-0.05, 0) is 19.8 Å². The SMILES string of the molecule is CCCOCCc1nc(-c2c(CC)noc2C)no1. The molecule has 0 aliphatic rings. The number of rotatable bonds is 7. The average molecular weight is 265 g/mol. The summed E-state index contributed by atoms with van der Waals surface area (Å²) in [5.74, 6) is 1.83. The largest absolute Gasteiger partial charge is 0.381 e. The van der Waals surface area contributed by atoms with Gasteiger partial charge in [-0.2, -0.15) is 4.98 Å². The average Bonchev–Trinajstić information content (AvgIpc) is 3.01. The summed E-state index contributed by atoms with van der Waals surface area (Å²) < 4.78 is 15.8. The Morgan fingerprint density at radius 2 is 1.95 bits per heavy atom. The first-order valence-electron chi connectivity index (χ1n) is 6.62. The Hall–Kier alpha value is -1.69. The fourth-order valence-corrected chi connectivity index (χ4v) is 1.81. The zero-order chi connectivity index (χ0) is 13.7. The minimum Gasteiger partial charge on any atom is -0.381 e. The Kier molecular flexibility index (Phi) is 4.68. The molecule has 0 unspecified atom stereocenters. The van der Waals surface area contributed by atoms with Gasteiger partial charge in [-0.3, -0.25) is 0 Å². The third kappa shape index (κ3) is 3.20. The lowest BCUT2D eigenvalue weighted by Gasteiger charge is -1.97. The molecule has 0 saturated heterocycles. The lowest BCUT2D eigenvalue weighted by atomic mass is 10.1. The molecular formula is C13H19N3O3. The van der Waals surface area contributed by atoms with E-state index in [0.29, 0.717) is 30.5 Å². The molecule has 0 saturated carbocycles. The molecule has 2 heterocycles. The van der Waals surface area contributed by atoms with E-state index < -0.39 is 0 Å². The van der Waals surface area contributed by atoms with Crippen LogP contribution in [0.5, 0.6) is 0 Å². The zero-order valence-electron chi connectivity index (χ0n) is 11.6. The van der Waals surface area contributed by atoms with Gasteiger partial charge in [0, 0.05) is 6.61 Å². The Balaban J connectivity index is 2.06. The first-order chi connectivity index (χ1) is 9.26. The Bertz CT molecular complexity index is 519. The molecule has 0 amide bonds. The van der Waals surface area contributed by atoms with E-state index in [2.05, 4.69) is 22.2 Å². The zero-order valence-corrected chi connectivity index (χ0v) is 11.6. The molecule has 2 aromatic heterocycles. The van der Waals surface area contributed by atoms with Crippen LogP contribution >= 0.6 is 0 Å². The molecule has 0 atom stereocenters. The maximum Gasteiger partial charge on any atom is 0.229 e. The van der Waals surface area contributed by atoms with E-state index in [9.17, 15) is 0 Å². The van der Waals surface area contributed by atoms with Crippen molar-refractivity contribution in [1.29, 1.82) is 0 Å². The second kappa shape index (κ2) is 6.47. The molecule has 0 aliphatic heterocycles. The molecule has 6 nitrogen and oxygen atoms in total. The molecule has 104 valence electrons. The van der Waals surface area contributed by atoms with Gasteiger partial charge in [-0.25, -0.2) is 0 Å². The van der Waals surface area contributed by atoms with Crippen LogP contribution in [0, 0.1) is 6.92 Å². The fraction of sp³-hybridized carbons (Fsp3) is 0.615. The van der Waals surface area contributed by atoms with Crippen molar-refractivity contribution in [3.05, 3.63) is 17.3 Å². The normalized spacial score (nSPS) is 11.1. The Morgan fingerprint density at radius 1 is 1.11 bits per heavy atom. The molecule has 2 rings (SSSR count). The number of ether oxygens (including phenoxy) is 1. The second-order valence-corrected chi connectivity index (χ2v) is 4.29. The highest BCUT2D eigenvalue weighted by molar-refractivity contribution is 5.59. The highest BCUT2D eigenvalue weighted by atomic mass is 16.5. The van der Waals surface area contributed by atoms with Gasteiger partial charge in [0.25, 0.3) is 0 Å². The summed E-state index contributed by atoms with van der Waals surface area (Å²) in [6.45, 7) is 7.29. The number of nitrogens with zero attached hydrogens (tertiary/aromatic N) is 3. The van der Waals surface area contributed by atoms with Crippen LogP contribution in [0.2, 0.25) is 0 Å². The van der Waals surface area contributed by atoms with Crippen molar-refractivity contribution in [2.24, 2.45) is 0 Å². The lowest BCUT2D eigenvalue weighted by Crippen LogP contribution is -1.99. The van der Waals surface area contributed by atoms with Crippen LogP contribution in [0.4, 0.5) is 0 Å². The minimum atomic E-state index is 0.543. The van der Waals surface area contributed by atoms with Crippen LogP contribution in [-0.2, 0) is 17.6 Å². The van der Waals surface area contributed by atoms with E-state index >= 15 is 0 Å². The van der Waals surface area contributed by atoms with E-state index in [1.165, 1.54) is 0 Å². The van der Waals surface area contributed by atoms with Gasteiger partial charge >= 0.3 is 0 Å². The summed E-state index contributed by atoms with van der Waals surface area (Å²) in [7, 11) is 0. The first-order valence-corrected chi connectivity index (χ1v) is 6.62. The second-order valence-electron chi connectivity index (χ2n) is 4.29. The summed E-state index contributed by atoms with van der Waals surface area (Å²) in [4.78, 5) is 4.36. The van der Waals surface area contributed by atoms with Crippen LogP contribution in [0.3, 0.4) is 0 Å². The molecule has 2 aromatic rings. The number of hydrogen-bond donors (Lipinski definition) is 0. The quantitative estimate of drug-likeness (QED) is 0.716. The molecule has 0 bridgehead atoms. The van der Waals surface area contributed by atoms with Crippen LogP contribution in [0.1, 0.15) is 37.6 Å². The first kappa shape index (κ1) is 13.7. The summed E-state index contributed by atoms with van der Waals surface area (Å²) in [6.07, 6.45) is 2.41. The summed E-state index contributed by atoms with van der Waals surface area (Å²) in [6, 6.07) is 0. The van der Waals surface area contributed by atoms with Crippen molar-refractivity contribution in [2.45, 2.75) is 40.0 Å². The third-order valence-electron chi connectivity index (χ3n) is 2.77. The van der Waals surface area contributed by atoms with Crippen LogP contribution in [0.15, 0.2) is 9.05 Å². The van der Waals surface area contributed by atoms with Gasteiger partial charge < -0.3 is 13.8 Å². The van der Waals surface area contributed by atoms with Crippen molar-refractivity contribution in [3.63, 3.8) is 0 Å². The molecule has 0 spiro atoms.